The second-order valence-electron chi connectivity index (χ2n) is 10.8. The van der Waals surface area contributed by atoms with Crippen LogP contribution in [-0.4, -0.2) is 46.3 Å². The Bertz CT molecular complexity index is 1190. The topological polar surface area (TPSA) is 90.9 Å². The fourth-order valence-corrected chi connectivity index (χ4v) is 6.78. The van der Waals surface area contributed by atoms with E-state index in [-0.39, 0.29) is 12.9 Å². The first-order chi connectivity index (χ1) is 17.6. The summed E-state index contributed by atoms with van der Waals surface area (Å²) in [6.45, 7) is 6.49. The number of carbonyl (C=O) groups excluding carboxylic acids is 1. The Hall–Kier alpha value is -2.58. The lowest BCUT2D eigenvalue weighted by Gasteiger charge is -2.56. The zero-order chi connectivity index (χ0) is 26.6. The molecular formula is C29H39NO6S. The number of aryl methyl sites for hydroxylation is 1. The van der Waals surface area contributed by atoms with Gasteiger partial charge in [0, 0.05) is 17.7 Å². The molecule has 1 N–H and O–H groups in total. The van der Waals surface area contributed by atoms with Crippen molar-refractivity contribution in [3.63, 3.8) is 0 Å². The van der Waals surface area contributed by atoms with E-state index in [1.165, 1.54) is 49.5 Å². The number of sulfone groups is 1. The first-order valence-corrected chi connectivity index (χ1v) is 15.1. The number of hydrogen-bond donors (Lipinski definition) is 1. The monoisotopic (exact) mass is 529 g/mol. The van der Waals surface area contributed by atoms with Crippen LogP contribution in [0.2, 0.25) is 0 Å². The Morgan fingerprint density at radius 1 is 1.11 bits per heavy atom. The first kappa shape index (κ1) is 27.5. The summed E-state index contributed by atoms with van der Waals surface area (Å²) >= 11 is 0. The SMILES string of the molecule is CC(C)OC(=O)OCOc1ccc2c(c1)[C@@]13CCCC[C@@H]1[C@H](C2)NCC3.Cc1ccc(S(C)(=O)=O)cc1. The summed E-state index contributed by atoms with van der Waals surface area (Å²) in [5.41, 5.74) is 4.30. The van der Waals surface area contributed by atoms with Crippen molar-refractivity contribution in [3.05, 3.63) is 59.2 Å². The molecule has 2 fully saturated rings. The van der Waals surface area contributed by atoms with Crippen LogP contribution in [-0.2, 0) is 31.1 Å². The first-order valence-electron chi connectivity index (χ1n) is 13.2. The summed E-state index contributed by atoms with van der Waals surface area (Å²) in [5.74, 6) is 1.52. The minimum Gasteiger partial charge on any atom is -0.457 e. The number of carbonyl (C=O) groups is 1. The van der Waals surface area contributed by atoms with Crippen LogP contribution < -0.4 is 10.1 Å². The van der Waals surface area contributed by atoms with Crippen LogP contribution in [0, 0.1) is 12.8 Å². The van der Waals surface area contributed by atoms with Crippen molar-refractivity contribution in [1.82, 2.24) is 5.32 Å². The van der Waals surface area contributed by atoms with Gasteiger partial charge in [0.05, 0.1) is 11.0 Å². The van der Waals surface area contributed by atoms with Gasteiger partial charge in [-0.15, -0.1) is 0 Å². The Kier molecular flexibility index (Phi) is 8.49. The van der Waals surface area contributed by atoms with E-state index in [1.807, 2.05) is 13.0 Å². The average Bonchev–Trinajstić information content (AvgIpc) is 2.84. The molecular weight excluding hydrogens is 490 g/mol. The van der Waals surface area contributed by atoms with Crippen LogP contribution in [0.4, 0.5) is 4.79 Å². The number of rotatable bonds is 5. The van der Waals surface area contributed by atoms with Gasteiger partial charge in [-0.25, -0.2) is 13.2 Å². The van der Waals surface area contributed by atoms with Crippen LogP contribution in [0.1, 0.15) is 62.6 Å². The highest BCUT2D eigenvalue weighted by Crippen LogP contribution is 2.54. The highest BCUT2D eigenvalue weighted by Gasteiger charge is 2.51. The summed E-state index contributed by atoms with van der Waals surface area (Å²) in [6.07, 6.45) is 7.92. The highest BCUT2D eigenvalue weighted by molar-refractivity contribution is 7.90. The van der Waals surface area contributed by atoms with Gasteiger partial charge in [-0.1, -0.05) is 36.6 Å². The molecule has 2 aliphatic carbocycles. The Balaban J connectivity index is 0.000000245. The van der Waals surface area contributed by atoms with Crippen LogP contribution >= 0.6 is 0 Å². The quantitative estimate of drug-likeness (QED) is 0.414. The summed E-state index contributed by atoms with van der Waals surface area (Å²) in [4.78, 5) is 11.9. The van der Waals surface area contributed by atoms with Gasteiger partial charge in [0.1, 0.15) is 5.75 Å². The lowest BCUT2D eigenvalue weighted by Crippen LogP contribution is -2.59. The molecule has 5 rings (SSSR count). The standard InChI is InChI=1S/C21H29NO4.C8H10O2S/c1-14(2)26-20(23)25-13-24-16-7-6-15-11-19-17-5-3-4-8-21(17,9-10-22-19)18(15)12-16;1-7-3-5-8(6-4-7)11(2,9)10/h6-7,12,14,17,19,22H,3-5,8-11,13H2,1-2H3;3-6H,1-2H3/t17-,19+,21-;/m1./s1. The third-order valence-corrected chi connectivity index (χ3v) is 8.93. The van der Waals surface area contributed by atoms with Crippen LogP contribution in [0.15, 0.2) is 47.4 Å². The van der Waals surface area contributed by atoms with Gasteiger partial charge in [-0.3, -0.25) is 0 Å². The van der Waals surface area contributed by atoms with E-state index in [0.29, 0.717) is 16.4 Å². The van der Waals surface area contributed by atoms with Crippen LogP contribution in [0.3, 0.4) is 0 Å². The maximum Gasteiger partial charge on any atom is 0.511 e. The molecule has 7 nitrogen and oxygen atoms in total. The molecule has 0 aromatic heterocycles. The average molecular weight is 530 g/mol. The van der Waals surface area contributed by atoms with Gasteiger partial charge in [-0.2, -0.15) is 0 Å². The second kappa shape index (κ2) is 11.4. The third kappa shape index (κ3) is 6.47. The summed E-state index contributed by atoms with van der Waals surface area (Å²) in [6, 6.07) is 13.8. The molecule has 202 valence electrons. The van der Waals surface area contributed by atoms with Crippen molar-refractivity contribution in [2.24, 2.45) is 5.92 Å². The van der Waals surface area contributed by atoms with E-state index in [9.17, 15) is 13.2 Å². The van der Waals surface area contributed by atoms with Crippen LogP contribution in [0.25, 0.3) is 0 Å². The van der Waals surface area contributed by atoms with E-state index >= 15 is 0 Å². The number of fused-ring (bicyclic) bond motifs is 1. The summed E-state index contributed by atoms with van der Waals surface area (Å²) < 4.78 is 37.5. The van der Waals surface area contributed by atoms with E-state index in [4.69, 9.17) is 14.2 Å². The molecule has 1 saturated heterocycles. The molecule has 1 aliphatic heterocycles. The van der Waals surface area contributed by atoms with E-state index in [0.717, 1.165) is 30.2 Å². The van der Waals surface area contributed by atoms with Crippen molar-refractivity contribution in [3.8, 4) is 5.75 Å². The van der Waals surface area contributed by atoms with Crippen molar-refractivity contribution in [2.45, 2.75) is 81.8 Å². The van der Waals surface area contributed by atoms with Crippen molar-refractivity contribution in [1.29, 1.82) is 0 Å². The van der Waals surface area contributed by atoms with Gasteiger partial charge in [0.25, 0.3) is 0 Å². The lowest BCUT2D eigenvalue weighted by molar-refractivity contribution is -0.00834. The van der Waals surface area contributed by atoms with Crippen molar-refractivity contribution in [2.75, 3.05) is 19.6 Å². The maximum atomic E-state index is 11.5. The predicted molar refractivity (Wildman–Crippen MR) is 143 cm³/mol. The Labute approximate surface area is 220 Å². The zero-order valence-corrected chi connectivity index (χ0v) is 23.1. The molecule has 0 unspecified atom stereocenters. The molecule has 0 amide bonds. The maximum absolute atomic E-state index is 11.5. The highest BCUT2D eigenvalue weighted by atomic mass is 32.2. The van der Waals surface area contributed by atoms with Crippen LogP contribution in [0.5, 0.6) is 5.75 Å². The Morgan fingerprint density at radius 3 is 2.57 bits per heavy atom. The van der Waals surface area contributed by atoms with Gasteiger partial charge >= 0.3 is 6.16 Å². The minimum atomic E-state index is -3.02. The van der Waals surface area contributed by atoms with E-state index in [1.54, 1.807) is 38.1 Å². The van der Waals surface area contributed by atoms with Crippen molar-refractivity contribution >= 4 is 16.0 Å². The smallest absolute Gasteiger partial charge is 0.457 e. The molecule has 2 aromatic rings. The molecule has 3 atom stereocenters. The lowest BCUT2D eigenvalue weighted by atomic mass is 9.53. The van der Waals surface area contributed by atoms with E-state index in [2.05, 4.69) is 17.4 Å². The number of nitrogens with one attached hydrogen (secondary N) is 1. The normalized spacial score (nSPS) is 24.1. The molecule has 2 aromatic carbocycles. The minimum absolute atomic E-state index is 0.120. The number of benzene rings is 2. The van der Waals surface area contributed by atoms with Gasteiger partial charge in [-0.05, 0) is 94.3 Å². The Morgan fingerprint density at radius 2 is 1.86 bits per heavy atom. The second-order valence-corrected chi connectivity index (χ2v) is 12.8. The van der Waals surface area contributed by atoms with Gasteiger partial charge < -0.3 is 19.5 Å². The van der Waals surface area contributed by atoms with Crippen molar-refractivity contribution < 1.29 is 27.4 Å². The molecule has 1 saturated carbocycles. The molecule has 0 spiro atoms. The zero-order valence-electron chi connectivity index (χ0n) is 22.3. The number of ether oxygens (including phenoxy) is 3. The fourth-order valence-electron chi connectivity index (χ4n) is 6.15. The number of hydrogen-bond acceptors (Lipinski definition) is 7. The molecule has 37 heavy (non-hydrogen) atoms. The molecule has 0 radical (unpaired) electrons. The predicted octanol–water partition coefficient (Wildman–Crippen LogP) is 5.33. The number of piperidine rings is 1. The molecule has 3 aliphatic rings. The summed E-state index contributed by atoms with van der Waals surface area (Å²) in [5, 5.41) is 3.76. The van der Waals surface area contributed by atoms with Gasteiger partial charge in [0.2, 0.25) is 6.79 Å². The summed E-state index contributed by atoms with van der Waals surface area (Å²) in [7, 11) is -3.02. The molecule has 8 heteroatoms. The van der Waals surface area contributed by atoms with E-state index < -0.39 is 16.0 Å². The largest absolute Gasteiger partial charge is 0.511 e. The van der Waals surface area contributed by atoms with Gasteiger partial charge in [0.15, 0.2) is 9.84 Å². The third-order valence-electron chi connectivity index (χ3n) is 7.80. The molecule has 1 heterocycles. The molecule has 2 bridgehead atoms. The fraction of sp³-hybridized carbons (Fsp3) is 0.552.